The summed E-state index contributed by atoms with van der Waals surface area (Å²) in [7, 11) is 0. The number of rotatable bonds is 4. The van der Waals surface area contributed by atoms with Crippen LogP contribution in [0.15, 0.2) is 65.5 Å². The summed E-state index contributed by atoms with van der Waals surface area (Å²) in [6.07, 6.45) is 3.46. The molecule has 0 saturated carbocycles. The second-order valence-corrected chi connectivity index (χ2v) is 8.08. The van der Waals surface area contributed by atoms with Crippen molar-refractivity contribution in [2.75, 3.05) is 13.1 Å². The van der Waals surface area contributed by atoms with Gasteiger partial charge in [0, 0.05) is 19.6 Å². The standard InChI is InChI=1S/C24H24N4O3/c1-16-6-2-3-8-18(16)14-27-12-13-28-15-21(31-24(28)26-23(27)30)22(29)25-20-11-10-17-7-4-5-9-19(17)20/h2-9,15,20H,10-14H2,1H3,(H,25,29). The van der Waals surface area contributed by atoms with Gasteiger partial charge in [-0.25, -0.2) is 4.79 Å². The lowest BCUT2D eigenvalue weighted by molar-refractivity contribution is -0.120. The number of aryl methyl sites for hydroxylation is 2. The number of nitrogens with zero attached hydrogens (tertiary/aromatic N) is 3. The third kappa shape index (κ3) is 3.79. The molecule has 1 unspecified atom stereocenters. The second kappa shape index (κ2) is 7.91. The summed E-state index contributed by atoms with van der Waals surface area (Å²) in [6, 6.07) is 15.9. The van der Waals surface area contributed by atoms with E-state index in [4.69, 9.17) is 4.74 Å². The van der Waals surface area contributed by atoms with Crippen LogP contribution in [0.3, 0.4) is 0 Å². The summed E-state index contributed by atoms with van der Waals surface area (Å²) >= 11 is 0. The predicted octanol–water partition coefficient (Wildman–Crippen LogP) is 3.26. The zero-order chi connectivity index (χ0) is 21.4. The van der Waals surface area contributed by atoms with Crippen molar-refractivity contribution in [2.24, 2.45) is 4.99 Å². The number of amidine groups is 1. The number of hydrogen-bond donors (Lipinski definition) is 1. The van der Waals surface area contributed by atoms with Gasteiger partial charge >= 0.3 is 12.1 Å². The molecule has 3 aliphatic rings. The maximum Gasteiger partial charge on any atom is 0.348 e. The lowest BCUT2D eigenvalue weighted by atomic mass is 10.1. The third-order valence-electron chi connectivity index (χ3n) is 6.08. The molecule has 5 rings (SSSR count). The number of hydrogen-bond acceptors (Lipinski definition) is 4. The molecule has 2 aliphatic heterocycles. The van der Waals surface area contributed by atoms with Crippen LogP contribution in [0.25, 0.3) is 0 Å². The number of nitrogens with one attached hydrogen (secondary N) is 1. The number of urea groups is 1. The first-order valence-corrected chi connectivity index (χ1v) is 10.6. The van der Waals surface area contributed by atoms with Crippen molar-refractivity contribution < 1.29 is 14.3 Å². The van der Waals surface area contributed by atoms with Crippen LogP contribution in [-0.2, 0) is 22.5 Å². The van der Waals surface area contributed by atoms with E-state index in [1.54, 1.807) is 16.0 Å². The molecule has 0 aromatic heterocycles. The van der Waals surface area contributed by atoms with Gasteiger partial charge in [0.2, 0.25) is 5.76 Å². The average Bonchev–Trinajstić information content (AvgIpc) is 3.33. The molecular weight excluding hydrogens is 392 g/mol. The largest absolute Gasteiger partial charge is 0.418 e. The van der Waals surface area contributed by atoms with Crippen LogP contribution < -0.4 is 5.32 Å². The highest BCUT2D eigenvalue weighted by Crippen LogP contribution is 2.31. The van der Waals surface area contributed by atoms with Crippen molar-refractivity contribution in [3.05, 3.63) is 82.7 Å². The highest BCUT2D eigenvalue weighted by atomic mass is 16.5. The highest BCUT2D eigenvalue weighted by molar-refractivity contribution is 6.00. The van der Waals surface area contributed by atoms with Crippen LogP contribution in [0.4, 0.5) is 4.79 Å². The lowest BCUT2D eigenvalue weighted by Crippen LogP contribution is -2.32. The van der Waals surface area contributed by atoms with E-state index >= 15 is 0 Å². The zero-order valence-electron chi connectivity index (χ0n) is 17.4. The van der Waals surface area contributed by atoms with E-state index in [1.807, 2.05) is 43.3 Å². The molecule has 2 aromatic rings. The van der Waals surface area contributed by atoms with E-state index in [1.165, 1.54) is 5.56 Å². The molecule has 1 aliphatic carbocycles. The Morgan fingerprint density at radius 3 is 2.84 bits per heavy atom. The molecule has 0 spiro atoms. The molecule has 158 valence electrons. The van der Waals surface area contributed by atoms with Gasteiger partial charge in [0.05, 0.1) is 12.2 Å². The van der Waals surface area contributed by atoms with Gasteiger partial charge in [0.1, 0.15) is 0 Å². The fraction of sp³-hybridized carbons (Fsp3) is 0.292. The molecular formula is C24H24N4O3. The Labute approximate surface area is 181 Å². The number of carbonyl (C=O) groups is 2. The molecule has 0 bridgehead atoms. The molecule has 0 fully saturated rings. The number of benzene rings is 2. The summed E-state index contributed by atoms with van der Waals surface area (Å²) in [5.41, 5.74) is 4.65. The SMILES string of the molecule is Cc1ccccc1CN1CCN2C=C(C(=O)NC3CCc4ccccc43)OC2=NC1=O. The minimum atomic E-state index is -0.361. The molecule has 0 saturated heterocycles. The minimum Gasteiger partial charge on any atom is -0.418 e. The third-order valence-corrected chi connectivity index (χ3v) is 6.08. The van der Waals surface area contributed by atoms with E-state index < -0.39 is 0 Å². The topological polar surface area (TPSA) is 74.2 Å². The molecule has 1 atom stereocenters. The monoisotopic (exact) mass is 416 g/mol. The van der Waals surface area contributed by atoms with Crippen molar-refractivity contribution in [3.8, 4) is 0 Å². The van der Waals surface area contributed by atoms with E-state index in [9.17, 15) is 9.59 Å². The minimum absolute atomic E-state index is 0.0261. The van der Waals surface area contributed by atoms with Gasteiger partial charge in [-0.1, -0.05) is 48.5 Å². The Morgan fingerprint density at radius 2 is 1.97 bits per heavy atom. The maximum atomic E-state index is 12.8. The van der Waals surface area contributed by atoms with Gasteiger partial charge in [-0.2, -0.15) is 0 Å². The van der Waals surface area contributed by atoms with Crippen molar-refractivity contribution in [2.45, 2.75) is 32.4 Å². The van der Waals surface area contributed by atoms with Crippen molar-refractivity contribution in [1.29, 1.82) is 0 Å². The molecule has 7 heteroatoms. The summed E-state index contributed by atoms with van der Waals surface area (Å²) < 4.78 is 5.68. The van der Waals surface area contributed by atoms with Crippen molar-refractivity contribution >= 4 is 18.0 Å². The lowest BCUT2D eigenvalue weighted by Gasteiger charge is -2.20. The van der Waals surface area contributed by atoms with Crippen LogP contribution in [0.5, 0.6) is 0 Å². The average molecular weight is 416 g/mol. The van der Waals surface area contributed by atoms with E-state index in [-0.39, 0.29) is 29.8 Å². The molecule has 0 radical (unpaired) electrons. The van der Waals surface area contributed by atoms with Crippen LogP contribution in [0.1, 0.15) is 34.7 Å². The second-order valence-electron chi connectivity index (χ2n) is 8.08. The van der Waals surface area contributed by atoms with Gasteiger partial charge in [-0.3, -0.25) is 9.69 Å². The van der Waals surface area contributed by atoms with Crippen molar-refractivity contribution in [1.82, 2.24) is 15.1 Å². The molecule has 2 heterocycles. The van der Waals surface area contributed by atoms with Gasteiger partial charge in [-0.15, -0.1) is 4.99 Å². The Hall–Kier alpha value is -3.61. The number of carbonyl (C=O) groups excluding carboxylic acids is 2. The fourth-order valence-electron chi connectivity index (χ4n) is 4.29. The van der Waals surface area contributed by atoms with Crippen LogP contribution in [0.2, 0.25) is 0 Å². The Balaban J connectivity index is 1.25. The summed E-state index contributed by atoms with van der Waals surface area (Å²) in [4.78, 5) is 33.0. The maximum absolute atomic E-state index is 12.8. The first-order chi connectivity index (χ1) is 15.1. The first kappa shape index (κ1) is 19.4. The number of fused-ring (bicyclic) bond motifs is 2. The summed E-state index contributed by atoms with van der Waals surface area (Å²) in [5, 5.41) is 3.05. The van der Waals surface area contributed by atoms with Gasteiger partial charge < -0.3 is 15.0 Å². The fourth-order valence-corrected chi connectivity index (χ4v) is 4.29. The van der Waals surface area contributed by atoms with Gasteiger partial charge in [0.25, 0.3) is 5.91 Å². The Bertz CT molecular complexity index is 1110. The van der Waals surface area contributed by atoms with Crippen LogP contribution in [-0.4, -0.2) is 40.8 Å². The molecule has 1 N–H and O–H groups in total. The Kier molecular flexibility index (Phi) is 4.94. The molecule has 2 aromatic carbocycles. The Morgan fingerprint density at radius 1 is 1.16 bits per heavy atom. The van der Waals surface area contributed by atoms with E-state index in [2.05, 4.69) is 22.4 Å². The predicted molar refractivity (Wildman–Crippen MR) is 116 cm³/mol. The summed E-state index contributed by atoms with van der Waals surface area (Å²) in [5.74, 6) is -0.120. The van der Waals surface area contributed by atoms with E-state index in [0.29, 0.717) is 19.6 Å². The first-order valence-electron chi connectivity index (χ1n) is 10.6. The molecule has 3 amide bonds. The summed E-state index contributed by atoms with van der Waals surface area (Å²) in [6.45, 7) is 3.53. The zero-order valence-corrected chi connectivity index (χ0v) is 17.4. The van der Waals surface area contributed by atoms with Crippen molar-refractivity contribution in [3.63, 3.8) is 0 Å². The van der Waals surface area contributed by atoms with Gasteiger partial charge in [-0.05, 0) is 42.0 Å². The van der Waals surface area contributed by atoms with Crippen LogP contribution >= 0.6 is 0 Å². The number of aliphatic imine (C=N–C) groups is 1. The smallest absolute Gasteiger partial charge is 0.348 e. The van der Waals surface area contributed by atoms with Gasteiger partial charge in [0.15, 0.2) is 0 Å². The number of ether oxygens (including phenoxy) is 1. The number of amides is 3. The molecule has 7 nitrogen and oxygen atoms in total. The van der Waals surface area contributed by atoms with E-state index in [0.717, 1.165) is 29.5 Å². The quantitative estimate of drug-likeness (QED) is 0.830. The van der Waals surface area contributed by atoms with Crippen LogP contribution in [0, 0.1) is 6.92 Å². The normalized spacial score (nSPS) is 19.8. The highest BCUT2D eigenvalue weighted by Gasteiger charge is 2.33. The molecule has 31 heavy (non-hydrogen) atoms.